The van der Waals surface area contributed by atoms with E-state index in [4.69, 9.17) is 5.26 Å². The van der Waals surface area contributed by atoms with Gasteiger partial charge in [-0.3, -0.25) is 4.79 Å². The molecule has 1 heterocycles. The van der Waals surface area contributed by atoms with Crippen LogP contribution in [0.25, 0.3) is 0 Å². The summed E-state index contributed by atoms with van der Waals surface area (Å²) in [5.41, 5.74) is 1.68. The first-order chi connectivity index (χ1) is 11.2. The monoisotopic (exact) mass is 310 g/mol. The molecule has 1 aliphatic carbocycles. The van der Waals surface area contributed by atoms with Gasteiger partial charge in [-0.2, -0.15) is 5.26 Å². The Bertz CT molecular complexity index is 591. The second-order valence-corrected chi connectivity index (χ2v) is 7.37. The van der Waals surface area contributed by atoms with Crippen LogP contribution in [0.3, 0.4) is 0 Å². The number of nitriles is 1. The maximum Gasteiger partial charge on any atom is 0.253 e. The van der Waals surface area contributed by atoms with E-state index in [0.717, 1.165) is 25.4 Å². The molecule has 23 heavy (non-hydrogen) atoms. The van der Waals surface area contributed by atoms with Gasteiger partial charge >= 0.3 is 0 Å². The maximum absolute atomic E-state index is 12.8. The molecule has 122 valence electrons. The third-order valence-corrected chi connectivity index (χ3v) is 5.95. The van der Waals surface area contributed by atoms with Crippen molar-refractivity contribution < 1.29 is 4.79 Å². The topological polar surface area (TPSA) is 44.1 Å². The van der Waals surface area contributed by atoms with E-state index in [2.05, 4.69) is 17.9 Å². The summed E-state index contributed by atoms with van der Waals surface area (Å²) >= 11 is 0. The molecule has 1 aliphatic heterocycles. The number of amides is 1. The van der Waals surface area contributed by atoms with Crippen LogP contribution >= 0.6 is 0 Å². The zero-order valence-corrected chi connectivity index (χ0v) is 14.1. The summed E-state index contributed by atoms with van der Waals surface area (Å²) in [4.78, 5) is 14.8. The standard InChI is InChI=1S/C20H26N2O/c1-2-16-8-11-20(12-9-16)10-3-13-22(15-20)19(23)18-6-4-17(14-21)5-7-18/h4-7,16H,2-3,8-13,15H2,1H3. The van der Waals surface area contributed by atoms with E-state index in [-0.39, 0.29) is 5.91 Å². The van der Waals surface area contributed by atoms with Gasteiger partial charge in [-0.25, -0.2) is 0 Å². The van der Waals surface area contributed by atoms with E-state index < -0.39 is 0 Å². The van der Waals surface area contributed by atoms with E-state index >= 15 is 0 Å². The van der Waals surface area contributed by atoms with Crippen LogP contribution in [0.5, 0.6) is 0 Å². The number of nitrogens with zero attached hydrogens (tertiary/aromatic N) is 2. The van der Waals surface area contributed by atoms with Crippen LogP contribution in [0, 0.1) is 22.7 Å². The van der Waals surface area contributed by atoms with E-state index in [1.807, 2.05) is 0 Å². The lowest BCUT2D eigenvalue weighted by atomic mass is 9.66. The van der Waals surface area contributed by atoms with Crippen LogP contribution in [0.2, 0.25) is 0 Å². The Kier molecular flexibility index (Phi) is 4.71. The minimum atomic E-state index is 0.131. The number of benzene rings is 1. The van der Waals surface area contributed by atoms with Crippen molar-refractivity contribution in [1.82, 2.24) is 4.90 Å². The Morgan fingerprint density at radius 2 is 1.96 bits per heavy atom. The van der Waals surface area contributed by atoms with Crippen molar-refractivity contribution in [2.24, 2.45) is 11.3 Å². The molecule has 0 aromatic heterocycles. The van der Waals surface area contributed by atoms with Gasteiger partial charge in [-0.15, -0.1) is 0 Å². The molecule has 1 aromatic carbocycles. The average molecular weight is 310 g/mol. The van der Waals surface area contributed by atoms with E-state index in [1.54, 1.807) is 24.3 Å². The van der Waals surface area contributed by atoms with Crippen LogP contribution in [0.4, 0.5) is 0 Å². The summed E-state index contributed by atoms with van der Waals surface area (Å²) < 4.78 is 0. The Labute approximate surface area is 139 Å². The van der Waals surface area contributed by atoms with Crippen molar-refractivity contribution in [2.75, 3.05) is 13.1 Å². The fraction of sp³-hybridized carbons (Fsp3) is 0.600. The molecule has 0 unspecified atom stereocenters. The Morgan fingerprint density at radius 3 is 2.57 bits per heavy atom. The number of carbonyl (C=O) groups excluding carboxylic acids is 1. The lowest BCUT2D eigenvalue weighted by Gasteiger charge is -2.47. The first kappa shape index (κ1) is 16.1. The van der Waals surface area contributed by atoms with Crippen molar-refractivity contribution in [2.45, 2.75) is 51.9 Å². The number of rotatable bonds is 2. The lowest BCUT2D eigenvalue weighted by molar-refractivity contribution is 0.0307. The smallest absolute Gasteiger partial charge is 0.253 e. The largest absolute Gasteiger partial charge is 0.338 e. The van der Waals surface area contributed by atoms with Gasteiger partial charge in [0.15, 0.2) is 0 Å². The van der Waals surface area contributed by atoms with Gasteiger partial charge in [-0.1, -0.05) is 13.3 Å². The molecule has 3 heteroatoms. The number of hydrogen-bond donors (Lipinski definition) is 0. The Hall–Kier alpha value is -1.82. The minimum Gasteiger partial charge on any atom is -0.338 e. The van der Waals surface area contributed by atoms with E-state index in [9.17, 15) is 4.79 Å². The Balaban J connectivity index is 1.68. The van der Waals surface area contributed by atoms with Gasteiger partial charge < -0.3 is 4.90 Å². The van der Waals surface area contributed by atoms with Crippen LogP contribution < -0.4 is 0 Å². The van der Waals surface area contributed by atoms with Gasteiger partial charge in [0, 0.05) is 18.7 Å². The molecule has 0 bridgehead atoms. The van der Waals surface area contributed by atoms with Crippen LogP contribution in [0.15, 0.2) is 24.3 Å². The molecule has 1 spiro atoms. The van der Waals surface area contributed by atoms with Gasteiger partial charge in [0.05, 0.1) is 11.6 Å². The predicted octanol–water partition coefficient (Wildman–Crippen LogP) is 4.38. The molecule has 0 radical (unpaired) electrons. The number of hydrogen-bond acceptors (Lipinski definition) is 2. The fourth-order valence-corrected chi connectivity index (χ4v) is 4.36. The quantitative estimate of drug-likeness (QED) is 0.813. The van der Waals surface area contributed by atoms with Gasteiger partial charge in [0.2, 0.25) is 0 Å². The highest BCUT2D eigenvalue weighted by atomic mass is 16.2. The third kappa shape index (κ3) is 3.42. The van der Waals surface area contributed by atoms with Crippen molar-refractivity contribution in [3.63, 3.8) is 0 Å². The molecule has 3 rings (SSSR count). The number of likely N-dealkylation sites (tertiary alicyclic amines) is 1. The first-order valence-electron chi connectivity index (χ1n) is 8.95. The zero-order chi connectivity index (χ0) is 16.3. The van der Waals surface area contributed by atoms with Crippen LogP contribution in [0.1, 0.15) is 67.8 Å². The molecular weight excluding hydrogens is 284 g/mol. The average Bonchev–Trinajstić information content (AvgIpc) is 2.62. The molecule has 1 saturated carbocycles. The maximum atomic E-state index is 12.8. The van der Waals surface area contributed by atoms with Crippen molar-refractivity contribution in [3.05, 3.63) is 35.4 Å². The zero-order valence-electron chi connectivity index (χ0n) is 14.1. The molecule has 0 atom stereocenters. The highest BCUT2D eigenvalue weighted by Gasteiger charge is 2.39. The van der Waals surface area contributed by atoms with Crippen molar-refractivity contribution in [1.29, 1.82) is 5.26 Å². The highest BCUT2D eigenvalue weighted by molar-refractivity contribution is 5.94. The normalized spacial score (nSPS) is 27.7. The second kappa shape index (κ2) is 6.74. The molecular formula is C20H26N2O. The predicted molar refractivity (Wildman–Crippen MR) is 91.0 cm³/mol. The van der Waals surface area contributed by atoms with Crippen molar-refractivity contribution >= 4 is 5.91 Å². The summed E-state index contributed by atoms with van der Waals surface area (Å²) in [6.45, 7) is 4.09. The summed E-state index contributed by atoms with van der Waals surface area (Å²) in [6.07, 6.45) is 8.92. The summed E-state index contributed by atoms with van der Waals surface area (Å²) in [5.74, 6) is 1.02. The fourth-order valence-electron chi connectivity index (χ4n) is 4.36. The van der Waals surface area contributed by atoms with Gasteiger partial charge in [-0.05, 0) is 74.1 Å². The van der Waals surface area contributed by atoms with Crippen LogP contribution in [-0.4, -0.2) is 23.9 Å². The summed E-state index contributed by atoms with van der Waals surface area (Å²) in [7, 11) is 0. The van der Waals surface area contributed by atoms with Crippen LogP contribution in [-0.2, 0) is 0 Å². The second-order valence-electron chi connectivity index (χ2n) is 7.37. The minimum absolute atomic E-state index is 0.131. The molecule has 2 aliphatic rings. The lowest BCUT2D eigenvalue weighted by Crippen LogP contribution is -2.47. The van der Waals surface area contributed by atoms with E-state index in [0.29, 0.717) is 16.5 Å². The van der Waals surface area contributed by atoms with E-state index in [1.165, 1.54) is 38.5 Å². The SMILES string of the molecule is CCC1CCC2(CCCN(C(=O)c3ccc(C#N)cc3)C2)CC1. The highest BCUT2D eigenvalue weighted by Crippen LogP contribution is 2.45. The third-order valence-electron chi connectivity index (χ3n) is 5.95. The Morgan fingerprint density at radius 1 is 1.26 bits per heavy atom. The van der Waals surface area contributed by atoms with Crippen molar-refractivity contribution in [3.8, 4) is 6.07 Å². The number of piperidine rings is 1. The molecule has 0 N–H and O–H groups in total. The molecule has 1 amide bonds. The summed E-state index contributed by atoms with van der Waals surface area (Å²) in [5, 5.41) is 8.88. The van der Waals surface area contributed by atoms with Gasteiger partial charge in [0.25, 0.3) is 5.91 Å². The summed E-state index contributed by atoms with van der Waals surface area (Å²) in [6, 6.07) is 9.15. The van der Waals surface area contributed by atoms with Gasteiger partial charge in [0.1, 0.15) is 0 Å². The molecule has 1 aromatic rings. The molecule has 3 nitrogen and oxygen atoms in total. The molecule has 2 fully saturated rings. The first-order valence-corrected chi connectivity index (χ1v) is 8.95. The number of carbonyl (C=O) groups is 1. The molecule has 1 saturated heterocycles.